The fourth-order valence-corrected chi connectivity index (χ4v) is 2.94. The maximum atomic E-state index is 13.3. The summed E-state index contributed by atoms with van der Waals surface area (Å²) in [6.45, 7) is 11.4. The normalized spacial score (nSPS) is 20.5. The monoisotopic (exact) mass is 298 g/mol. The quantitative estimate of drug-likeness (QED) is 0.453. The first-order chi connectivity index (χ1) is 9.81. The molecule has 3 unspecified atom stereocenters. The van der Waals surface area contributed by atoms with Crippen molar-refractivity contribution in [1.82, 2.24) is 0 Å². The molecule has 0 N–H and O–H groups in total. The molecule has 122 valence electrons. The Morgan fingerprint density at radius 3 is 1.95 bits per heavy atom. The molecule has 0 radical (unpaired) electrons. The average molecular weight is 298 g/mol. The van der Waals surface area contributed by atoms with Crippen LogP contribution in [0.2, 0.25) is 0 Å². The van der Waals surface area contributed by atoms with Crippen molar-refractivity contribution in [3.8, 4) is 0 Å². The van der Waals surface area contributed by atoms with Crippen molar-refractivity contribution in [3.05, 3.63) is 23.3 Å². The van der Waals surface area contributed by atoms with E-state index in [-0.39, 0.29) is 6.42 Å². The fourth-order valence-electron chi connectivity index (χ4n) is 2.94. The van der Waals surface area contributed by atoms with Gasteiger partial charge in [-0.05, 0) is 49.0 Å². The number of rotatable bonds is 8. The second kappa shape index (κ2) is 8.70. The van der Waals surface area contributed by atoms with Gasteiger partial charge < -0.3 is 0 Å². The highest BCUT2D eigenvalue weighted by Gasteiger charge is 2.19. The van der Waals surface area contributed by atoms with Gasteiger partial charge in [-0.3, -0.25) is 0 Å². The molecule has 0 aromatic rings. The number of hydrogen-bond donors (Lipinski definition) is 0. The highest BCUT2D eigenvalue weighted by atomic mass is 19.2. The first kappa shape index (κ1) is 18.4. The third-order valence-electron chi connectivity index (χ3n) is 5.06. The highest BCUT2D eigenvalue weighted by Crippen LogP contribution is 2.33. The van der Waals surface area contributed by atoms with E-state index in [0.29, 0.717) is 18.3 Å². The minimum atomic E-state index is -0.651. The largest absolute Gasteiger partial charge is 0.209 e. The van der Waals surface area contributed by atoms with E-state index in [1.165, 1.54) is 25.3 Å². The Hall–Kier alpha value is -0.660. The van der Waals surface area contributed by atoms with Crippen LogP contribution in [-0.2, 0) is 0 Å². The molecular weight excluding hydrogens is 266 g/mol. The minimum absolute atomic E-state index is 0.238. The topological polar surface area (TPSA) is 0 Å². The second-order valence-corrected chi connectivity index (χ2v) is 7.38. The molecule has 0 fully saturated rings. The van der Waals surface area contributed by atoms with E-state index in [1.54, 1.807) is 0 Å². The van der Waals surface area contributed by atoms with E-state index in [9.17, 15) is 8.78 Å². The maximum absolute atomic E-state index is 13.3. The zero-order valence-electron chi connectivity index (χ0n) is 14.4. The van der Waals surface area contributed by atoms with E-state index in [4.69, 9.17) is 0 Å². The van der Waals surface area contributed by atoms with Crippen LogP contribution in [-0.4, -0.2) is 0 Å². The van der Waals surface area contributed by atoms with E-state index in [0.717, 1.165) is 23.8 Å². The Balaban J connectivity index is 2.39. The van der Waals surface area contributed by atoms with Gasteiger partial charge in [0.1, 0.15) is 5.83 Å². The van der Waals surface area contributed by atoms with Gasteiger partial charge in [0.2, 0.25) is 0 Å². The molecule has 2 heteroatoms. The molecule has 0 spiro atoms. The molecule has 0 aromatic heterocycles. The number of halogens is 2. The Morgan fingerprint density at radius 2 is 1.43 bits per heavy atom. The summed E-state index contributed by atoms with van der Waals surface area (Å²) < 4.78 is 26.4. The summed E-state index contributed by atoms with van der Waals surface area (Å²) in [5.41, 5.74) is 1.08. The lowest BCUT2D eigenvalue weighted by Crippen LogP contribution is -2.12. The molecule has 0 saturated carbocycles. The molecular formula is C19H32F2. The van der Waals surface area contributed by atoms with Crippen molar-refractivity contribution in [2.75, 3.05) is 0 Å². The van der Waals surface area contributed by atoms with Crippen LogP contribution in [0.1, 0.15) is 73.1 Å². The zero-order valence-corrected chi connectivity index (χ0v) is 14.4. The fraction of sp³-hybridized carbons (Fsp3) is 0.789. The van der Waals surface area contributed by atoms with Gasteiger partial charge in [-0.25, -0.2) is 8.78 Å². The molecule has 0 nitrogen and oxygen atoms in total. The Kier molecular flexibility index (Phi) is 7.62. The van der Waals surface area contributed by atoms with Crippen molar-refractivity contribution in [1.29, 1.82) is 0 Å². The summed E-state index contributed by atoms with van der Waals surface area (Å²) in [6.07, 6.45) is 7.18. The molecule has 1 rings (SSSR count). The van der Waals surface area contributed by atoms with Crippen molar-refractivity contribution >= 4 is 0 Å². The predicted octanol–water partition coefficient (Wildman–Crippen LogP) is 6.98. The number of hydrogen-bond acceptors (Lipinski definition) is 0. The van der Waals surface area contributed by atoms with Crippen LogP contribution in [0.4, 0.5) is 8.78 Å². The van der Waals surface area contributed by atoms with E-state index >= 15 is 0 Å². The van der Waals surface area contributed by atoms with Crippen molar-refractivity contribution in [2.45, 2.75) is 73.1 Å². The molecule has 0 amide bonds. The average Bonchev–Trinajstić information content (AvgIpc) is 2.44. The van der Waals surface area contributed by atoms with Gasteiger partial charge in [0.25, 0.3) is 0 Å². The minimum Gasteiger partial charge on any atom is -0.209 e. The molecule has 21 heavy (non-hydrogen) atoms. The summed E-state index contributed by atoms with van der Waals surface area (Å²) in [5, 5.41) is 0. The van der Waals surface area contributed by atoms with Crippen LogP contribution in [0.5, 0.6) is 0 Å². The molecule has 1 aliphatic rings. The van der Waals surface area contributed by atoms with E-state index in [2.05, 4.69) is 34.6 Å². The molecule has 0 saturated heterocycles. The molecule has 0 bridgehead atoms. The maximum Gasteiger partial charge on any atom is 0.154 e. The van der Waals surface area contributed by atoms with Crippen LogP contribution in [0, 0.1) is 23.7 Å². The van der Waals surface area contributed by atoms with E-state index in [1.807, 2.05) is 0 Å². The standard InChI is InChI=1S/C19H32F2/c1-13(2)6-7-14(3)15(4)8-9-16(5)17-10-11-18(20)19(21)12-17/h12-16H,6-11H2,1-5H3. The van der Waals surface area contributed by atoms with Crippen molar-refractivity contribution < 1.29 is 8.78 Å². The second-order valence-electron chi connectivity index (χ2n) is 7.38. The van der Waals surface area contributed by atoms with Gasteiger partial charge in [-0.2, -0.15) is 0 Å². The molecule has 0 heterocycles. The van der Waals surface area contributed by atoms with Gasteiger partial charge >= 0.3 is 0 Å². The van der Waals surface area contributed by atoms with Gasteiger partial charge in [0, 0.05) is 6.42 Å². The van der Waals surface area contributed by atoms with Crippen LogP contribution in [0.3, 0.4) is 0 Å². The van der Waals surface area contributed by atoms with Gasteiger partial charge in [0.15, 0.2) is 5.83 Å². The number of allylic oxidation sites excluding steroid dienone is 4. The lowest BCUT2D eigenvalue weighted by Gasteiger charge is -2.24. The SMILES string of the molecule is CC(C)CCC(C)C(C)CCC(C)C1=CC(F)=C(F)CC1. The first-order valence-electron chi connectivity index (χ1n) is 8.55. The first-order valence-corrected chi connectivity index (χ1v) is 8.55. The molecule has 0 aliphatic heterocycles. The molecule has 1 aliphatic carbocycles. The predicted molar refractivity (Wildman–Crippen MR) is 87.4 cm³/mol. The summed E-state index contributed by atoms with van der Waals surface area (Å²) in [5.74, 6) is 1.35. The lowest BCUT2D eigenvalue weighted by molar-refractivity contribution is 0.304. The van der Waals surface area contributed by atoms with Crippen LogP contribution in [0.25, 0.3) is 0 Å². The van der Waals surface area contributed by atoms with Crippen LogP contribution in [0.15, 0.2) is 23.3 Å². The summed E-state index contributed by atoms with van der Waals surface area (Å²) in [4.78, 5) is 0. The zero-order chi connectivity index (χ0) is 16.0. The van der Waals surface area contributed by atoms with Crippen LogP contribution < -0.4 is 0 Å². The van der Waals surface area contributed by atoms with Crippen LogP contribution >= 0.6 is 0 Å². The third-order valence-corrected chi connectivity index (χ3v) is 5.06. The van der Waals surface area contributed by atoms with E-state index < -0.39 is 11.7 Å². The Morgan fingerprint density at radius 1 is 0.857 bits per heavy atom. The van der Waals surface area contributed by atoms with Gasteiger partial charge in [-0.1, -0.05) is 53.0 Å². The third kappa shape index (κ3) is 6.32. The summed E-state index contributed by atoms with van der Waals surface area (Å²) in [7, 11) is 0. The van der Waals surface area contributed by atoms with Crippen molar-refractivity contribution in [3.63, 3.8) is 0 Å². The molecule has 3 atom stereocenters. The molecule has 0 aromatic carbocycles. The Labute approximate surface area is 129 Å². The Bertz CT molecular complexity index is 379. The lowest BCUT2D eigenvalue weighted by atomic mass is 9.82. The van der Waals surface area contributed by atoms with Gasteiger partial charge in [0.05, 0.1) is 0 Å². The highest BCUT2D eigenvalue weighted by molar-refractivity contribution is 5.27. The van der Waals surface area contributed by atoms with Crippen molar-refractivity contribution in [2.24, 2.45) is 23.7 Å². The summed E-state index contributed by atoms with van der Waals surface area (Å²) >= 11 is 0. The van der Waals surface area contributed by atoms with Gasteiger partial charge in [-0.15, -0.1) is 0 Å². The summed E-state index contributed by atoms with van der Waals surface area (Å²) in [6, 6.07) is 0. The smallest absolute Gasteiger partial charge is 0.154 e.